The second-order valence-corrected chi connectivity index (χ2v) is 9.72. The largest absolute Gasteiger partial charge is 0.494 e. The van der Waals surface area contributed by atoms with E-state index in [0.717, 1.165) is 36.4 Å². The Hall–Kier alpha value is -4.82. The highest BCUT2D eigenvalue weighted by atomic mass is 16.5. The number of nitrogens with one attached hydrogen (secondary N) is 1. The van der Waals surface area contributed by atoms with Gasteiger partial charge in [0.2, 0.25) is 0 Å². The van der Waals surface area contributed by atoms with Crippen molar-refractivity contribution < 1.29 is 9.53 Å². The van der Waals surface area contributed by atoms with Gasteiger partial charge < -0.3 is 15.0 Å². The van der Waals surface area contributed by atoms with E-state index < -0.39 is 0 Å². The fraction of sp³-hybridized carbons (Fsp3) is 0.310. The molecule has 1 aliphatic heterocycles. The maximum Gasteiger partial charge on any atom is 0.184 e. The molecule has 11 heteroatoms. The van der Waals surface area contributed by atoms with Crippen LogP contribution in [0.1, 0.15) is 29.3 Å². The number of likely N-dealkylation sites (tertiary alicyclic amines) is 1. The second-order valence-electron chi connectivity index (χ2n) is 9.72. The van der Waals surface area contributed by atoms with Crippen LogP contribution in [0.25, 0.3) is 11.4 Å². The van der Waals surface area contributed by atoms with Gasteiger partial charge in [0.15, 0.2) is 17.4 Å². The average molecular weight is 538 g/mol. The average Bonchev–Trinajstić information content (AvgIpc) is 3.40. The summed E-state index contributed by atoms with van der Waals surface area (Å²) in [7, 11) is 5.31. The number of anilines is 4. The van der Waals surface area contributed by atoms with E-state index >= 15 is 0 Å². The smallest absolute Gasteiger partial charge is 0.184 e. The summed E-state index contributed by atoms with van der Waals surface area (Å²) in [5.74, 6) is 2.44. The molecule has 3 aromatic heterocycles. The Labute approximate surface area is 233 Å². The number of nitriles is 1. The molecule has 4 heterocycles. The molecule has 0 spiro atoms. The quantitative estimate of drug-likeness (QED) is 0.292. The topological polar surface area (TPSA) is 125 Å². The molecule has 11 nitrogen and oxygen atoms in total. The Kier molecular flexibility index (Phi) is 7.70. The van der Waals surface area contributed by atoms with Gasteiger partial charge in [-0.15, -0.1) is 0 Å². The van der Waals surface area contributed by atoms with Gasteiger partial charge >= 0.3 is 0 Å². The SMILES string of the molecule is CCC(=O)c1cnc(Nc2ccc(CN3CC(C#N)C3)cn2)cc1N(C)c1cccc(-c2ncn(C)n2)c1OC. The third kappa shape index (κ3) is 5.48. The highest BCUT2D eigenvalue weighted by Crippen LogP contribution is 2.40. The summed E-state index contributed by atoms with van der Waals surface area (Å²) >= 11 is 0. The molecule has 0 saturated carbocycles. The van der Waals surface area contributed by atoms with Crippen LogP contribution >= 0.6 is 0 Å². The standard InChI is InChI=1S/C29H31N9O2/c1-5-25(39)22-14-32-27(34-26-10-9-19(13-31-26)15-38-16-20(12-30)17-38)11-24(22)37(3)23-8-6-7-21(28(23)40-4)29-33-18-36(2)35-29/h6-11,13-14,18,20H,5,15-17H2,1-4H3,(H,31,32,34). The molecule has 0 aliphatic carbocycles. The van der Waals surface area contributed by atoms with Crippen molar-refractivity contribution in [2.45, 2.75) is 19.9 Å². The van der Waals surface area contributed by atoms with Crippen molar-refractivity contribution in [3.05, 3.63) is 66.2 Å². The van der Waals surface area contributed by atoms with Crippen molar-refractivity contribution in [2.75, 3.05) is 37.5 Å². The summed E-state index contributed by atoms with van der Waals surface area (Å²) in [6.45, 7) is 4.19. The molecule has 5 rings (SSSR count). The van der Waals surface area contributed by atoms with Crippen molar-refractivity contribution in [3.63, 3.8) is 0 Å². The second kappa shape index (κ2) is 11.5. The zero-order valence-electron chi connectivity index (χ0n) is 23.0. The lowest BCUT2D eigenvalue weighted by Crippen LogP contribution is -2.45. The van der Waals surface area contributed by atoms with E-state index in [9.17, 15) is 4.79 Å². The number of pyridine rings is 2. The van der Waals surface area contributed by atoms with Crippen LogP contribution < -0.4 is 15.0 Å². The number of methoxy groups -OCH3 is 1. The molecular weight excluding hydrogens is 506 g/mol. The molecule has 0 radical (unpaired) electrons. The first-order valence-electron chi connectivity index (χ1n) is 13.0. The Bertz CT molecular complexity index is 1550. The Morgan fingerprint density at radius 1 is 1.15 bits per heavy atom. The van der Waals surface area contributed by atoms with Gasteiger partial charge in [-0.3, -0.25) is 14.4 Å². The molecule has 40 heavy (non-hydrogen) atoms. The van der Waals surface area contributed by atoms with Crippen LogP contribution in [0.4, 0.5) is 23.0 Å². The molecule has 0 amide bonds. The van der Waals surface area contributed by atoms with Gasteiger partial charge in [0.05, 0.1) is 41.6 Å². The minimum atomic E-state index is -0.0190. The number of benzene rings is 1. The minimum absolute atomic E-state index is 0.0190. The molecule has 1 N–H and O–H groups in total. The van der Waals surface area contributed by atoms with E-state index in [1.807, 2.05) is 68.5 Å². The van der Waals surface area contributed by atoms with E-state index in [4.69, 9.17) is 10.00 Å². The number of rotatable bonds is 10. The number of carbonyl (C=O) groups excluding carboxylic acids is 1. The summed E-state index contributed by atoms with van der Waals surface area (Å²) in [6, 6.07) is 13.8. The molecule has 1 aliphatic rings. The van der Waals surface area contributed by atoms with Crippen LogP contribution in [0.2, 0.25) is 0 Å². The van der Waals surface area contributed by atoms with Crippen LogP contribution in [0.5, 0.6) is 5.75 Å². The molecule has 0 atom stereocenters. The van der Waals surface area contributed by atoms with E-state index in [2.05, 4.69) is 36.3 Å². The highest BCUT2D eigenvalue weighted by Gasteiger charge is 2.26. The summed E-state index contributed by atoms with van der Waals surface area (Å²) in [6.07, 6.45) is 5.41. The van der Waals surface area contributed by atoms with Crippen molar-refractivity contribution in [1.82, 2.24) is 29.6 Å². The first-order valence-corrected chi connectivity index (χ1v) is 13.0. The Balaban J connectivity index is 1.42. The minimum Gasteiger partial charge on any atom is -0.494 e. The number of hydrogen-bond acceptors (Lipinski definition) is 10. The van der Waals surface area contributed by atoms with Crippen LogP contribution in [0.3, 0.4) is 0 Å². The van der Waals surface area contributed by atoms with Crippen LogP contribution in [0.15, 0.2) is 55.1 Å². The fourth-order valence-electron chi connectivity index (χ4n) is 4.73. The number of Topliss-reactive ketones (excluding diaryl/α,β-unsaturated/α-hetero) is 1. The molecule has 1 saturated heterocycles. The zero-order valence-corrected chi connectivity index (χ0v) is 23.0. The predicted octanol–water partition coefficient (Wildman–Crippen LogP) is 4.34. The van der Waals surface area contributed by atoms with E-state index in [1.165, 1.54) is 0 Å². The number of aromatic nitrogens is 5. The maximum atomic E-state index is 12.9. The fourth-order valence-corrected chi connectivity index (χ4v) is 4.73. The number of nitrogens with zero attached hydrogens (tertiary/aromatic N) is 8. The lowest BCUT2D eigenvalue weighted by Gasteiger charge is -2.35. The van der Waals surface area contributed by atoms with E-state index in [0.29, 0.717) is 40.9 Å². The Morgan fingerprint density at radius 3 is 2.60 bits per heavy atom. The zero-order chi connectivity index (χ0) is 28.2. The Morgan fingerprint density at radius 2 is 1.95 bits per heavy atom. The van der Waals surface area contributed by atoms with Gasteiger partial charge in [-0.25, -0.2) is 15.0 Å². The molecule has 4 aromatic rings. The third-order valence-corrected chi connectivity index (χ3v) is 6.89. The van der Waals surface area contributed by atoms with Gasteiger partial charge in [-0.1, -0.05) is 19.1 Å². The monoisotopic (exact) mass is 537 g/mol. The lowest BCUT2D eigenvalue weighted by molar-refractivity contribution is 0.0988. The van der Waals surface area contributed by atoms with Crippen molar-refractivity contribution in [2.24, 2.45) is 13.0 Å². The molecule has 204 valence electrons. The summed E-state index contributed by atoms with van der Waals surface area (Å²) < 4.78 is 7.46. The van der Waals surface area contributed by atoms with Crippen molar-refractivity contribution >= 4 is 28.8 Å². The summed E-state index contributed by atoms with van der Waals surface area (Å²) in [5.41, 5.74) is 3.76. The van der Waals surface area contributed by atoms with Crippen LogP contribution in [0, 0.1) is 17.2 Å². The number of para-hydroxylation sites is 1. The molecule has 1 aromatic carbocycles. The lowest BCUT2D eigenvalue weighted by atomic mass is 10.0. The number of aryl methyl sites for hydroxylation is 1. The van der Waals surface area contributed by atoms with Crippen LogP contribution in [-0.4, -0.2) is 62.7 Å². The third-order valence-electron chi connectivity index (χ3n) is 6.89. The van der Waals surface area contributed by atoms with Crippen LogP contribution in [-0.2, 0) is 13.6 Å². The number of ketones is 1. The highest BCUT2D eigenvalue weighted by molar-refractivity contribution is 6.02. The summed E-state index contributed by atoms with van der Waals surface area (Å²) in [4.78, 5) is 30.5. The first-order chi connectivity index (χ1) is 19.4. The van der Waals surface area contributed by atoms with Gasteiger partial charge in [0.25, 0.3) is 0 Å². The van der Waals surface area contributed by atoms with Gasteiger partial charge in [0, 0.05) is 58.6 Å². The first kappa shape index (κ1) is 26.8. The van der Waals surface area contributed by atoms with Gasteiger partial charge in [0.1, 0.15) is 18.0 Å². The van der Waals surface area contributed by atoms with E-state index in [-0.39, 0.29) is 11.7 Å². The number of carbonyl (C=O) groups is 1. The van der Waals surface area contributed by atoms with Crippen molar-refractivity contribution in [3.8, 4) is 23.2 Å². The number of ether oxygens (including phenoxy) is 1. The van der Waals surface area contributed by atoms with E-state index in [1.54, 1.807) is 24.3 Å². The predicted molar refractivity (Wildman–Crippen MR) is 152 cm³/mol. The molecular formula is C29H31N9O2. The van der Waals surface area contributed by atoms with Crippen molar-refractivity contribution in [1.29, 1.82) is 5.26 Å². The molecule has 0 unspecified atom stereocenters. The van der Waals surface area contributed by atoms with Gasteiger partial charge in [-0.05, 0) is 23.8 Å². The maximum absolute atomic E-state index is 12.9. The normalized spacial score (nSPS) is 13.4. The number of hydrogen-bond donors (Lipinski definition) is 1. The molecule has 1 fully saturated rings. The van der Waals surface area contributed by atoms with Gasteiger partial charge in [-0.2, -0.15) is 10.4 Å². The molecule has 0 bridgehead atoms. The summed E-state index contributed by atoms with van der Waals surface area (Å²) in [5, 5.41) is 16.7.